The number of hydrogen-bond acceptors (Lipinski definition) is 2. The fraction of sp³-hybridized carbons (Fsp3) is 0. The van der Waals surface area contributed by atoms with E-state index in [1.54, 1.807) is 0 Å². The zero-order chi connectivity index (χ0) is 36.5. The lowest BCUT2D eigenvalue weighted by molar-refractivity contribution is 0.592. The van der Waals surface area contributed by atoms with Gasteiger partial charge in [0, 0.05) is 32.1 Å². The van der Waals surface area contributed by atoms with Crippen LogP contribution in [-0.4, -0.2) is 9.38 Å². The van der Waals surface area contributed by atoms with Crippen LogP contribution in [0.15, 0.2) is 200 Å². The molecule has 0 saturated heterocycles. The van der Waals surface area contributed by atoms with Gasteiger partial charge in [-0.3, -0.25) is 4.40 Å². The number of fused-ring (bicyclic) bond motifs is 11. The van der Waals surface area contributed by atoms with Crippen LogP contribution in [0.3, 0.4) is 0 Å². The molecule has 1 unspecified atom stereocenters. The predicted molar refractivity (Wildman–Crippen MR) is 233 cm³/mol. The molecule has 0 amide bonds. The zero-order valence-electron chi connectivity index (χ0n) is 29.8. The molecule has 0 N–H and O–H groups in total. The molecule has 0 aliphatic carbocycles. The molecule has 2 aromatic heterocycles. The van der Waals surface area contributed by atoms with E-state index in [0.29, 0.717) is 0 Å². The highest BCUT2D eigenvalue weighted by molar-refractivity contribution is 7.85. The molecule has 258 valence electrons. The summed E-state index contributed by atoms with van der Waals surface area (Å²) in [6.45, 7) is 0. The van der Waals surface area contributed by atoms with Crippen LogP contribution in [0, 0.1) is 0 Å². The highest BCUT2D eigenvalue weighted by Gasteiger charge is 2.30. The van der Waals surface area contributed by atoms with Crippen molar-refractivity contribution in [3.05, 3.63) is 200 Å². The predicted octanol–water partition coefficient (Wildman–Crippen LogP) is 12.1. The Hall–Kier alpha value is -6.80. The van der Waals surface area contributed by atoms with Gasteiger partial charge in [-0.05, 0) is 68.1 Å². The minimum atomic E-state index is -3.12. The normalized spacial score (nSPS) is 12.9. The largest absolute Gasteiger partial charge is 0.309 e. The van der Waals surface area contributed by atoms with Crippen LogP contribution in [0.1, 0.15) is 0 Å². The van der Waals surface area contributed by atoms with E-state index in [4.69, 9.17) is 4.98 Å². The molecule has 0 aliphatic heterocycles. The summed E-state index contributed by atoms with van der Waals surface area (Å²) in [5.74, 6) is 0. The monoisotopic (exact) mass is 720 g/mol. The minimum absolute atomic E-state index is 0.824. The van der Waals surface area contributed by atoms with Gasteiger partial charge >= 0.3 is 0 Å². The second-order valence-corrected chi connectivity index (χ2v) is 17.1. The van der Waals surface area contributed by atoms with Crippen LogP contribution in [0.4, 0.5) is 0 Å². The van der Waals surface area contributed by atoms with E-state index in [1.165, 1.54) is 27.1 Å². The number of hydrogen-bond donors (Lipinski definition) is 0. The smallest absolute Gasteiger partial charge is 0.171 e. The SMILES string of the molecule is O=P(c1ccccc1)(c1ccc(-c2ccc(-c3ccc4ccc5c6ccccc6c6nc7ccccc7n6c5c4c3)cc2)cc1)c1ccc2ccccc2c1. The Morgan fingerprint density at radius 3 is 1.75 bits per heavy atom. The second-order valence-electron chi connectivity index (χ2n) is 14.3. The summed E-state index contributed by atoms with van der Waals surface area (Å²) in [7, 11) is -3.12. The lowest BCUT2D eigenvalue weighted by atomic mass is 9.96. The number of imidazole rings is 1. The van der Waals surface area contributed by atoms with Gasteiger partial charge in [-0.1, -0.05) is 176 Å². The molecule has 3 nitrogen and oxygen atoms in total. The molecular formula is C51H33N2OP. The van der Waals surface area contributed by atoms with Crippen molar-refractivity contribution in [1.29, 1.82) is 0 Å². The van der Waals surface area contributed by atoms with Crippen molar-refractivity contribution in [1.82, 2.24) is 9.38 Å². The maximum atomic E-state index is 15.3. The molecule has 0 saturated carbocycles. The number of aromatic nitrogens is 2. The highest BCUT2D eigenvalue weighted by atomic mass is 31.2. The number of nitrogens with zero attached hydrogens (tertiary/aromatic N) is 2. The van der Waals surface area contributed by atoms with Crippen molar-refractivity contribution in [2.24, 2.45) is 0 Å². The average molecular weight is 721 g/mol. The molecular weight excluding hydrogens is 688 g/mol. The lowest BCUT2D eigenvalue weighted by Crippen LogP contribution is -2.25. The van der Waals surface area contributed by atoms with Gasteiger partial charge in [-0.25, -0.2) is 4.98 Å². The van der Waals surface area contributed by atoms with Gasteiger partial charge in [-0.2, -0.15) is 0 Å². The summed E-state index contributed by atoms with van der Waals surface area (Å²) in [5.41, 5.74) is 8.76. The molecule has 0 radical (unpaired) electrons. The first-order chi connectivity index (χ1) is 27.1. The summed E-state index contributed by atoms with van der Waals surface area (Å²) in [4.78, 5) is 5.13. The minimum Gasteiger partial charge on any atom is -0.309 e. The third kappa shape index (κ3) is 4.98. The third-order valence-electron chi connectivity index (χ3n) is 11.2. The number of pyridine rings is 1. The van der Waals surface area contributed by atoms with Gasteiger partial charge in [-0.15, -0.1) is 0 Å². The average Bonchev–Trinajstić information content (AvgIpc) is 3.66. The lowest BCUT2D eigenvalue weighted by Gasteiger charge is -2.21. The van der Waals surface area contributed by atoms with Crippen molar-refractivity contribution >= 4 is 83.0 Å². The van der Waals surface area contributed by atoms with E-state index in [2.05, 4.69) is 144 Å². The van der Waals surface area contributed by atoms with Crippen molar-refractivity contribution in [3.8, 4) is 22.3 Å². The van der Waals surface area contributed by atoms with Gasteiger partial charge in [0.05, 0.1) is 16.6 Å². The number of benzene rings is 9. The molecule has 9 aromatic carbocycles. The molecule has 0 fully saturated rings. The first kappa shape index (κ1) is 31.7. The van der Waals surface area contributed by atoms with Crippen LogP contribution in [0.25, 0.3) is 82.2 Å². The Kier molecular flexibility index (Phi) is 7.14. The fourth-order valence-electron chi connectivity index (χ4n) is 8.46. The van der Waals surface area contributed by atoms with Gasteiger partial charge in [0.2, 0.25) is 0 Å². The molecule has 55 heavy (non-hydrogen) atoms. The summed E-state index contributed by atoms with van der Waals surface area (Å²) in [6, 6.07) is 69.7. The Morgan fingerprint density at radius 2 is 0.945 bits per heavy atom. The Balaban J connectivity index is 0.990. The Morgan fingerprint density at radius 1 is 0.382 bits per heavy atom. The van der Waals surface area contributed by atoms with Gasteiger partial charge in [0.15, 0.2) is 7.14 Å². The first-order valence-corrected chi connectivity index (χ1v) is 20.4. The van der Waals surface area contributed by atoms with Gasteiger partial charge < -0.3 is 4.57 Å². The molecule has 4 heteroatoms. The van der Waals surface area contributed by atoms with E-state index >= 15 is 4.57 Å². The molecule has 1 atom stereocenters. The van der Waals surface area contributed by atoms with Crippen LogP contribution >= 0.6 is 7.14 Å². The molecule has 2 heterocycles. The van der Waals surface area contributed by atoms with Crippen LogP contribution < -0.4 is 15.9 Å². The highest BCUT2D eigenvalue weighted by Crippen LogP contribution is 2.44. The summed E-state index contributed by atoms with van der Waals surface area (Å²) >= 11 is 0. The maximum absolute atomic E-state index is 15.3. The summed E-state index contributed by atoms with van der Waals surface area (Å²) in [6.07, 6.45) is 0. The first-order valence-electron chi connectivity index (χ1n) is 18.6. The van der Waals surface area contributed by atoms with Crippen LogP contribution in [0.2, 0.25) is 0 Å². The second kappa shape index (κ2) is 12.4. The molecule has 11 aromatic rings. The van der Waals surface area contributed by atoms with E-state index in [9.17, 15) is 0 Å². The Labute approximate surface area is 318 Å². The Bertz CT molecular complexity index is 3330. The summed E-state index contributed by atoms with van der Waals surface area (Å²) < 4.78 is 17.6. The fourth-order valence-corrected chi connectivity index (χ4v) is 11.1. The van der Waals surface area contributed by atoms with Crippen molar-refractivity contribution in [2.75, 3.05) is 0 Å². The van der Waals surface area contributed by atoms with E-state index in [1.807, 2.05) is 60.7 Å². The molecule has 0 aliphatic rings. The zero-order valence-corrected chi connectivity index (χ0v) is 30.7. The molecule has 0 spiro atoms. The molecule has 11 rings (SSSR count). The van der Waals surface area contributed by atoms with Crippen molar-refractivity contribution < 1.29 is 4.57 Å². The van der Waals surface area contributed by atoms with Crippen LogP contribution in [-0.2, 0) is 4.57 Å². The van der Waals surface area contributed by atoms with Crippen molar-refractivity contribution in [3.63, 3.8) is 0 Å². The van der Waals surface area contributed by atoms with E-state index in [-0.39, 0.29) is 0 Å². The maximum Gasteiger partial charge on any atom is 0.171 e. The number of rotatable bonds is 5. The standard InChI is InChI=1S/C51H33N2OP/c54-55(41-12-2-1-3-13-41,43-30-26-34-10-4-5-11-39(34)32-43)42-28-24-36(25-29-42)35-18-20-37(21-19-35)40-23-22-38-27-31-45-44-14-6-7-15-46(44)51-52-48-16-8-9-17-49(48)53(51)50(45)47(38)33-40/h1-33H. The quantitative estimate of drug-likeness (QED) is 0.131. The number of para-hydroxylation sites is 2. The van der Waals surface area contributed by atoms with Gasteiger partial charge in [0.25, 0.3) is 0 Å². The third-order valence-corrected chi connectivity index (χ3v) is 14.3. The topological polar surface area (TPSA) is 34.4 Å². The molecule has 0 bridgehead atoms. The summed E-state index contributed by atoms with van der Waals surface area (Å²) in [5, 5.41) is 10.7. The van der Waals surface area contributed by atoms with E-state index < -0.39 is 7.14 Å². The van der Waals surface area contributed by atoms with E-state index in [0.717, 1.165) is 71.0 Å². The van der Waals surface area contributed by atoms with Crippen LogP contribution in [0.5, 0.6) is 0 Å². The van der Waals surface area contributed by atoms with Crippen molar-refractivity contribution in [2.45, 2.75) is 0 Å². The van der Waals surface area contributed by atoms with Gasteiger partial charge in [0.1, 0.15) is 5.65 Å².